The summed E-state index contributed by atoms with van der Waals surface area (Å²) in [5.74, 6) is -0.175. The number of nitrogens with zero attached hydrogens (tertiary/aromatic N) is 1. The first kappa shape index (κ1) is 19.3. The normalized spacial score (nSPS) is 17.7. The van der Waals surface area contributed by atoms with Gasteiger partial charge >= 0.3 is 0 Å². The van der Waals surface area contributed by atoms with Crippen LogP contribution in [-0.4, -0.2) is 56.1 Å². The van der Waals surface area contributed by atoms with Gasteiger partial charge in [0.05, 0.1) is 12.5 Å². The van der Waals surface area contributed by atoms with Gasteiger partial charge in [-0.3, -0.25) is 14.5 Å². The van der Waals surface area contributed by atoms with Crippen LogP contribution in [0.5, 0.6) is 0 Å². The predicted octanol–water partition coefficient (Wildman–Crippen LogP) is 1.68. The number of ether oxygens (including phenoxy) is 1. The van der Waals surface area contributed by atoms with Crippen LogP contribution < -0.4 is 10.6 Å². The summed E-state index contributed by atoms with van der Waals surface area (Å²) < 4.78 is 4.98. The maximum Gasteiger partial charge on any atom is 0.237 e. The summed E-state index contributed by atoms with van der Waals surface area (Å²) in [6, 6.07) is 14.1. The molecule has 1 heterocycles. The molecule has 1 aliphatic heterocycles. The molecule has 1 aliphatic rings. The maximum absolute atomic E-state index is 12.4. The third-order valence-corrected chi connectivity index (χ3v) is 4.87. The van der Waals surface area contributed by atoms with Gasteiger partial charge in [0.2, 0.25) is 11.8 Å². The second-order valence-corrected chi connectivity index (χ2v) is 6.86. The number of hydrogen-bond acceptors (Lipinski definition) is 4. The van der Waals surface area contributed by atoms with Crippen molar-refractivity contribution in [3.05, 3.63) is 48.0 Å². The molecule has 1 unspecified atom stereocenters. The van der Waals surface area contributed by atoms with E-state index < -0.39 is 6.04 Å². The lowest BCUT2D eigenvalue weighted by molar-refractivity contribution is -0.134. The summed E-state index contributed by atoms with van der Waals surface area (Å²) >= 11 is 0. The highest BCUT2D eigenvalue weighted by Gasteiger charge is 2.31. The van der Waals surface area contributed by atoms with Gasteiger partial charge in [0.15, 0.2) is 0 Å². The van der Waals surface area contributed by atoms with Gasteiger partial charge in [-0.1, -0.05) is 36.4 Å². The van der Waals surface area contributed by atoms with E-state index in [2.05, 4.69) is 45.9 Å². The zero-order valence-electron chi connectivity index (χ0n) is 15.7. The van der Waals surface area contributed by atoms with Crippen LogP contribution in [0.3, 0.4) is 0 Å². The van der Waals surface area contributed by atoms with Crippen LogP contribution in [0.1, 0.15) is 18.4 Å². The average molecular weight is 369 g/mol. The van der Waals surface area contributed by atoms with Crippen molar-refractivity contribution in [3.63, 3.8) is 0 Å². The van der Waals surface area contributed by atoms with E-state index in [4.69, 9.17) is 4.74 Å². The summed E-state index contributed by atoms with van der Waals surface area (Å²) in [7, 11) is 1.64. The number of rotatable bonds is 8. The molecule has 1 atom stereocenters. The Hall–Kier alpha value is -2.44. The molecule has 1 fully saturated rings. The summed E-state index contributed by atoms with van der Waals surface area (Å²) in [5, 5.41) is 8.13. The average Bonchev–Trinajstić information content (AvgIpc) is 2.68. The molecule has 0 bridgehead atoms. The van der Waals surface area contributed by atoms with Crippen LogP contribution >= 0.6 is 0 Å². The molecule has 0 aromatic heterocycles. The van der Waals surface area contributed by atoms with Crippen molar-refractivity contribution in [2.75, 3.05) is 33.4 Å². The summed E-state index contributed by atoms with van der Waals surface area (Å²) in [6.45, 7) is 3.17. The van der Waals surface area contributed by atoms with Gasteiger partial charge in [0.1, 0.15) is 0 Å². The van der Waals surface area contributed by atoms with Gasteiger partial charge in [0, 0.05) is 39.9 Å². The van der Waals surface area contributed by atoms with Gasteiger partial charge < -0.3 is 15.4 Å². The number of methoxy groups -OCH3 is 1. The zero-order chi connectivity index (χ0) is 19.1. The van der Waals surface area contributed by atoms with Gasteiger partial charge in [0.25, 0.3) is 0 Å². The van der Waals surface area contributed by atoms with E-state index in [1.165, 1.54) is 10.8 Å². The third kappa shape index (κ3) is 5.28. The molecule has 144 valence electrons. The molecule has 0 saturated carbocycles. The fraction of sp³-hybridized carbons (Fsp3) is 0.429. The molecule has 1 saturated heterocycles. The molecule has 6 heteroatoms. The number of nitrogens with one attached hydrogen (secondary N) is 2. The van der Waals surface area contributed by atoms with Gasteiger partial charge in [-0.25, -0.2) is 0 Å². The highest BCUT2D eigenvalue weighted by atomic mass is 16.5. The SMILES string of the molecule is COCCCNC(=O)CC1C(=O)NCCN1Cc1ccc2ccccc2c1. The van der Waals surface area contributed by atoms with Crippen LogP contribution in [0.15, 0.2) is 42.5 Å². The first-order valence-corrected chi connectivity index (χ1v) is 9.42. The highest BCUT2D eigenvalue weighted by molar-refractivity contribution is 5.89. The number of hydrogen-bond donors (Lipinski definition) is 2. The quantitative estimate of drug-likeness (QED) is 0.695. The molecule has 3 rings (SSSR count). The highest BCUT2D eigenvalue weighted by Crippen LogP contribution is 2.19. The Morgan fingerprint density at radius 3 is 2.89 bits per heavy atom. The fourth-order valence-electron chi connectivity index (χ4n) is 3.44. The second kappa shape index (κ2) is 9.48. The number of fused-ring (bicyclic) bond motifs is 1. The van der Waals surface area contributed by atoms with Crippen molar-refractivity contribution in [2.45, 2.75) is 25.4 Å². The number of carbonyl (C=O) groups excluding carboxylic acids is 2. The number of piperazine rings is 1. The molecule has 0 spiro atoms. The Kier molecular flexibility index (Phi) is 6.79. The Bertz CT molecular complexity index is 793. The Morgan fingerprint density at radius 1 is 1.26 bits per heavy atom. The lowest BCUT2D eigenvalue weighted by Gasteiger charge is -2.34. The molecule has 2 N–H and O–H groups in total. The Balaban J connectivity index is 1.64. The van der Waals surface area contributed by atoms with E-state index in [0.29, 0.717) is 26.2 Å². The standard InChI is InChI=1S/C21H27N3O3/c1-27-12-4-9-22-20(25)14-19-21(26)23-10-11-24(19)15-16-7-8-17-5-2-3-6-18(17)13-16/h2-3,5-8,13,19H,4,9-12,14-15H2,1H3,(H,22,25)(H,23,26). The van der Waals surface area contributed by atoms with Gasteiger partial charge in [-0.2, -0.15) is 0 Å². The van der Waals surface area contributed by atoms with E-state index in [9.17, 15) is 9.59 Å². The first-order valence-electron chi connectivity index (χ1n) is 9.42. The van der Waals surface area contributed by atoms with Crippen molar-refractivity contribution in [3.8, 4) is 0 Å². The van der Waals surface area contributed by atoms with Gasteiger partial charge in [-0.15, -0.1) is 0 Å². The molecule has 27 heavy (non-hydrogen) atoms. The monoisotopic (exact) mass is 369 g/mol. The molecular formula is C21H27N3O3. The number of carbonyl (C=O) groups is 2. The van der Waals surface area contributed by atoms with Crippen molar-refractivity contribution >= 4 is 22.6 Å². The topological polar surface area (TPSA) is 70.7 Å². The van der Waals surface area contributed by atoms with E-state index in [1.54, 1.807) is 7.11 Å². The zero-order valence-corrected chi connectivity index (χ0v) is 15.7. The van der Waals surface area contributed by atoms with E-state index in [0.717, 1.165) is 18.5 Å². The Labute approximate surface area is 159 Å². The van der Waals surface area contributed by atoms with Crippen LogP contribution in [0, 0.1) is 0 Å². The molecule has 0 radical (unpaired) electrons. The number of benzene rings is 2. The van der Waals surface area contributed by atoms with E-state index in [-0.39, 0.29) is 18.2 Å². The predicted molar refractivity (Wildman–Crippen MR) is 105 cm³/mol. The van der Waals surface area contributed by atoms with Crippen LogP contribution in [-0.2, 0) is 20.9 Å². The smallest absolute Gasteiger partial charge is 0.237 e. The maximum atomic E-state index is 12.4. The lowest BCUT2D eigenvalue weighted by Crippen LogP contribution is -2.56. The lowest BCUT2D eigenvalue weighted by atomic mass is 10.0. The summed E-state index contributed by atoms with van der Waals surface area (Å²) in [6.07, 6.45) is 0.937. The first-order chi connectivity index (χ1) is 13.2. The molecule has 2 aromatic rings. The van der Waals surface area contributed by atoms with Crippen LogP contribution in [0.2, 0.25) is 0 Å². The minimum Gasteiger partial charge on any atom is -0.385 e. The van der Waals surface area contributed by atoms with E-state index in [1.807, 2.05) is 12.1 Å². The molecule has 2 aromatic carbocycles. The third-order valence-electron chi connectivity index (χ3n) is 4.87. The minimum absolute atomic E-state index is 0.0749. The fourth-order valence-corrected chi connectivity index (χ4v) is 3.44. The second-order valence-electron chi connectivity index (χ2n) is 6.86. The van der Waals surface area contributed by atoms with Crippen LogP contribution in [0.4, 0.5) is 0 Å². The van der Waals surface area contributed by atoms with Gasteiger partial charge in [-0.05, 0) is 28.8 Å². The molecule has 6 nitrogen and oxygen atoms in total. The summed E-state index contributed by atoms with van der Waals surface area (Å²) in [4.78, 5) is 26.7. The summed E-state index contributed by atoms with van der Waals surface area (Å²) in [5.41, 5.74) is 1.15. The number of amides is 2. The molecule has 0 aliphatic carbocycles. The van der Waals surface area contributed by atoms with Crippen molar-refractivity contribution in [1.29, 1.82) is 0 Å². The Morgan fingerprint density at radius 2 is 2.07 bits per heavy atom. The van der Waals surface area contributed by atoms with E-state index >= 15 is 0 Å². The van der Waals surface area contributed by atoms with Crippen molar-refractivity contribution < 1.29 is 14.3 Å². The minimum atomic E-state index is -0.437. The largest absolute Gasteiger partial charge is 0.385 e. The van der Waals surface area contributed by atoms with Crippen LogP contribution in [0.25, 0.3) is 10.8 Å². The molecular weight excluding hydrogens is 342 g/mol. The van der Waals surface area contributed by atoms with Crippen molar-refractivity contribution in [2.24, 2.45) is 0 Å². The van der Waals surface area contributed by atoms with Crippen molar-refractivity contribution in [1.82, 2.24) is 15.5 Å². The molecule has 2 amide bonds.